The monoisotopic (exact) mass is 359 g/mol. The average Bonchev–Trinajstić information content (AvgIpc) is 3.03. The van der Waals surface area contributed by atoms with E-state index in [2.05, 4.69) is 85.0 Å². The highest BCUT2D eigenvalue weighted by Gasteiger charge is 2.26. The molecule has 0 spiro atoms. The number of aryl methyl sites for hydroxylation is 2. The highest BCUT2D eigenvalue weighted by Crippen LogP contribution is 2.41. The van der Waals surface area contributed by atoms with Crippen LogP contribution in [0.3, 0.4) is 0 Å². The Kier molecular flexibility index (Phi) is 5.02. The molecule has 27 heavy (non-hydrogen) atoms. The van der Waals surface area contributed by atoms with Gasteiger partial charge < -0.3 is 4.90 Å². The lowest BCUT2D eigenvalue weighted by Crippen LogP contribution is -2.34. The quantitative estimate of drug-likeness (QED) is 0.575. The summed E-state index contributed by atoms with van der Waals surface area (Å²) in [5.41, 5.74) is 6.27. The Hall–Kier alpha value is -2.55. The number of hydrogen-bond donors (Lipinski definition) is 0. The molecule has 0 amide bonds. The summed E-state index contributed by atoms with van der Waals surface area (Å²) in [7, 11) is 0. The summed E-state index contributed by atoms with van der Waals surface area (Å²) in [5, 5.41) is 4.91. The fraction of sp³-hybridized carbons (Fsp3) is 0.375. The predicted molar refractivity (Wildman–Crippen MR) is 114 cm³/mol. The zero-order chi connectivity index (χ0) is 18.8. The molecule has 2 heterocycles. The van der Waals surface area contributed by atoms with Gasteiger partial charge in [-0.3, -0.25) is 0 Å². The average molecular weight is 360 g/mol. The molecule has 0 radical (unpaired) electrons. The molecule has 3 nitrogen and oxygen atoms in total. The first-order valence-corrected chi connectivity index (χ1v) is 10.1. The summed E-state index contributed by atoms with van der Waals surface area (Å²) in [4.78, 5) is 2.56. The van der Waals surface area contributed by atoms with E-state index in [1.807, 2.05) is 0 Å². The first kappa shape index (κ1) is 17.8. The van der Waals surface area contributed by atoms with Gasteiger partial charge in [0, 0.05) is 25.2 Å². The third kappa shape index (κ3) is 3.51. The second kappa shape index (κ2) is 7.59. The fourth-order valence-electron chi connectivity index (χ4n) is 4.08. The summed E-state index contributed by atoms with van der Waals surface area (Å²) in [6.07, 6.45) is 2.38. The molecule has 140 valence electrons. The Bertz CT molecular complexity index is 909. The van der Waals surface area contributed by atoms with Crippen LogP contribution in [-0.4, -0.2) is 22.9 Å². The van der Waals surface area contributed by atoms with Crippen LogP contribution in [-0.2, 0) is 6.54 Å². The van der Waals surface area contributed by atoms with Crippen LogP contribution in [0, 0.1) is 12.8 Å². The molecule has 0 aliphatic carbocycles. The second-order valence-electron chi connectivity index (χ2n) is 7.94. The topological polar surface area (TPSA) is 21.1 Å². The lowest BCUT2D eigenvalue weighted by atomic mass is 9.94. The Balaban J connectivity index is 1.84. The molecule has 1 aromatic heterocycles. The molecule has 0 saturated heterocycles. The summed E-state index contributed by atoms with van der Waals surface area (Å²) in [6.45, 7) is 10.0. The van der Waals surface area contributed by atoms with Crippen LogP contribution in [0.4, 0.5) is 5.82 Å². The molecule has 0 unspecified atom stereocenters. The molecule has 4 rings (SSSR count). The highest BCUT2D eigenvalue weighted by atomic mass is 15.4. The van der Waals surface area contributed by atoms with Crippen LogP contribution in [0.2, 0.25) is 0 Å². The van der Waals surface area contributed by atoms with Gasteiger partial charge in [0.25, 0.3) is 0 Å². The minimum absolute atomic E-state index is 0.712. The lowest BCUT2D eigenvalue weighted by Gasteiger charge is -2.31. The molecule has 0 saturated carbocycles. The third-order valence-corrected chi connectivity index (χ3v) is 5.46. The van der Waals surface area contributed by atoms with Crippen molar-refractivity contribution in [1.82, 2.24) is 9.78 Å². The third-order valence-electron chi connectivity index (χ3n) is 5.46. The van der Waals surface area contributed by atoms with Crippen molar-refractivity contribution in [2.45, 2.75) is 40.2 Å². The van der Waals surface area contributed by atoms with Gasteiger partial charge in [-0.25, -0.2) is 4.68 Å². The van der Waals surface area contributed by atoms with E-state index in [0.717, 1.165) is 25.3 Å². The normalized spacial score (nSPS) is 13.9. The van der Waals surface area contributed by atoms with E-state index < -0.39 is 0 Å². The molecule has 0 fully saturated rings. The van der Waals surface area contributed by atoms with Crippen molar-refractivity contribution < 1.29 is 0 Å². The van der Waals surface area contributed by atoms with Crippen LogP contribution in [0.15, 0.2) is 54.6 Å². The van der Waals surface area contributed by atoms with Gasteiger partial charge in [0.15, 0.2) is 0 Å². The minimum atomic E-state index is 0.712. The second-order valence-corrected chi connectivity index (χ2v) is 7.94. The van der Waals surface area contributed by atoms with Gasteiger partial charge in [0.2, 0.25) is 0 Å². The number of fused-ring (bicyclic) bond motifs is 1. The molecule has 3 heteroatoms. The van der Waals surface area contributed by atoms with E-state index in [0.29, 0.717) is 5.92 Å². The van der Waals surface area contributed by atoms with E-state index in [1.54, 1.807) is 0 Å². The fourth-order valence-corrected chi connectivity index (χ4v) is 4.08. The SMILES string of the molecule is Cc1nn2c(c1-c1ccccc1-c1ccccc1)N(CCC(C)C)CCC2. The van der Waals surface area contributed by atoms with Crippen molar-refractivity contribution in [1.29, 1.82) is 0 Å². The number of anilines is 1. The number of rotatable bonds is 5. The van der Waals surface area contributed by atoms with E-state index in [1.165, 1.54) is 40.9 Å². The Morgan fingerprint density at radius 2 is 1.63 bits per heavy atom. The Morgan fingerprint density at radius 3 is 2.37 bits per heavy atom. The van der Waals surface area contributed by atoms with Crippen LogP contribution in [0.5, 0.6) is 0 Å². The van der Waals surface area contributed by atoms with Crippen molar-refractivity contribution in [3.05, 3.63) is 60.3 Å². The van der Waals surface area contributed by atoms with Crippen molar-refractivity contribution in [2.75, 3.05) is 18.0 Å². The molecular formula is C24H29N3. The molecule has 1 aliphatic rings. The smallest absolute Gasteiger partial charge is 0.135 e. The number of benzene rings is 2. The Morgan fingerprint density at radius 1 is 0.926 bits per heavy atom. The number of nitrogens with zero attached hydrogens (tertiary/aromatic N) is 3. The van der Waals surface area contributed by atoms with Gasteiger partial charge in [-0.05, 0) is 42.4 Å². The van der Waals surface area contributed by atoms with Crippen molar-refractivity contribution >= 4 is 5.82 Å². The van der Waals surface area contributed by atoms with E-state index in [9.17, 15) is 0 Å². The molecule has 2 aromatic carbocycles. The van der Waals surface area contributed by atoms with Gasteiger partial charge in [-0.1, -0.05) is 68.4 Å². The minimum Gasteiger partial charge on any atom is -0.356 e. The molecule has 3 aromatic rings. The first-order valence-electron chi connectivity index (χ1n) is 10.1. The van der Waals surface area contributed by atoms with Gasteiger partial charge in [0.05, 0.1) is 5.69 Å². The molecule has 0 bridgehead atoms. The molecular weight excluding hydrogens is 330 g/mol. The standard InChI is InChI=1S/C24H29N3/c1-18(2)14-17-26-15-9-16-27-24(26)23(19(3)25-27)22-13-8-7-12-21(22)20-10-5-4-6-11-20/h4-8,10-13,18H,9,14-17H2,1-3H3. The summed E-state index contributed by atoms with van der Waals surface area (Å²) in [5.74, 6) is 2.02. The van der Waals surface area contributed by atoms with Crippen LogP contribution >= 0.6 is 0 Å². The van der Waals surface area contributed by atoms with Gasteiger partial charge in [0.1, 0.15) is 5.82 Å². The van der Waals surface area contributed by atoms with Crippen molar-refractivity contribution in [3.8, 4) is 22.3 Å². The first-order chi connectivity index (χ1) is 13.1. The maximum atomic E-state index is 4.91. The Labute approximate surface area is 162 Å². The lowest BCUT2D eigenvalue weighted by molar-refractivity contribution is 0.492. The number of hydrogen-bond acceptors (Lipinski definition) is 2. The maximum absolute atomic E-state index is 4.91. The highest BCUT2D eigenvalue weighted by molar-refractivity contribution is 5.90. The predicted octanol–water partition coefficient (Wildman–Crippen LogP) is 5.78. The maximum Gasteiger partial charge on any atom is 0.135 e. The number of aromatic nitrogens is 2. The van der Waals surface area contributed by atoms with Gasteiger partial charge in [-0.15, -0.1) is 0 Å². The van der Waals surface area contributed by atoms with Gasteiger partial charge >= 0.3 is 0 Å². The van der Waals surface area contributed by atoms with Crippen LogP contribution in [0.1, 0.15) is 32.4 Å². The van der Waals surface area contributed by atoms with E-state index in [4.69, 9.17) is 5.10 Å². The zero-order valence-electron chi connectivity index (χ0n) is 16.7. The molecule has 1 aliphatic heterocycles. The summed E-state index contributed by atoms with van der Waals surface area (Å²) >= 11 is 0. The van der Waals surface area contributed by atoms with Crippen molar-refractivity contribution in [2.24, 2.45) is 5.92 Å². The molecule has 0 atom stereocenters. The van der Waals surface area contributed by atoms with E-state index in [-0.39, 0.29) is 0 Å². The zero-order valence-corrected chi connectivity index (χ0v) is 16.7. The molecule has 0 N–H and O–H groups in total. The van der Waals surface area contributed by atoms with Gasteiger partial charge in [-0.2, -0.15) is 5.10 Å². The van der Waals surface area contributed by atoms with Crippen LogP contribution in [0.25, 0.3) is 22.3 Å². The summed E-state index contributed by atoms with van der Waals surface area (Å²) in [6, 6.07) is 19.5. The largest absolute Gasteiger partial charge is 0.356 e. The summed E-state index contributed by atoms with van der Waals surface area (Å²) < 4.78 is 2.23. The van der Waals surface area contributed by atoms with Crippen molar-refractivity contribution in [3.63, 3.8) is 0 Å². The van der Waals surface area contributed by atoms with Crippen LogP contribution < -0.4 is 4.90 Å². The van der Waals surface area contributed by atoms with E-state index >= 15 is 0 Å².